The number of carbonyl (C=O) groups excluding carboxylic acids is 2. The van der Waals surface area contributed by atoms with E-state index >= 15 is 0 Å². The van der Waals surface area contributed by atoms with Crippen molar-refractivity contribution in [2.75, 3.05) is 6.54 Å². The van der Waals surface area contributed by atoms with Gasteiger partial charge in [0, 0.05) is 9.50 Å². The Bertz CT molecular complexity index is 1190. The van der Waals surface area contributed by atoms with E-state index in [1.807, 2.05) is 5.32 Å². The number of carbonyl (C=O) groups is 2. The van der Waals surface area contributed by atoms with Crippen molar-refractivity contribution in [2.45, 2.75) is 37.4 Å². The molecule has 2 rings (SSSR count). The Morgan fingerprint density at radius 1 is 1.00 bits per heavy atom. The zero-order valence-corrected chi connectivity index (χ0v) is 21.3. The van der Waals surface area contributed by atoms with Crippen molar-refractivity contribution >= 4 is 45.4 Å². The first-order chi connectivity index (χ1) is 17.3. The average Bonchev–Trinajstić information content (AvgIpc) is 2.74. The van der Waals surface area contributed by atoms with Gasteiger partial charge in [-0.25, -0.2) is 0 Å². The molecule has 0 fully saturated rings. The molecule has 2 atom stereocenters. The zero-order valence-electron chi connectivity index (χ0n) is 19.0. The molecule has 0 heterocycles. The van der Waals surface area contributed by atoms with Gasteiger partial charge in [-0.1, -0.05) is 45.7 Å². The number of amides is 2. The maximum absolute atomic E-state index is 13.7. The van der Waals surface area contributed by atoms with Crippen LogP contribution in [0.5, 0.6) is 0 Å². The van der Waals surface area contributed by atoms with Crippen LogP contribution in [0.3, 0.4) is 0 Å². The molecule has 0 bridgehead atoms. The molecule has 0 spiro atoms. The van der Waals surface area contributed by atoms with E-state index in [-0.39, 0.29) is 20.6 Å². The molecule has 0 saturated heterocycles. The average molecular weight is 640 g/mol. The van der Waals surface area contributed by atoms with E-state index in [1.54, 1.807) is 0 Å². The highest BCUT2D eigenvalue weighted by atomic mass is 79.9. The Balaban J connectivity index is 2.35. The molecule has 0 aliphatic heterocycles. The minimum absolute atomic E-state index is 0.00642. The second-order valence-corrected chi connectivity index (χ2v) is 9.26. The van der Waals surface area contributed by atoms with Gasteiger partial charge < -0.3 is 10.6 Å². The number of allylic oxidation sites excluding steroid dienone is 1. The molecule has 2 aromatic rings. The van der Waals surface area contributed by atoms with Gasteiger partial charge in [-0.3, -0.25) is 9.59 Å². The number of hydrogen-bond donors (Lipinski definition) is 2. The third kappa shape index (κ3) is 9.22. The van der Waals surface area contributed by atoms with Crippen molar-refractivity contribution in [1.29, 1.82) is 0 Å². The number of nitrogens with one attached hydrogen (secondary N) is 2. The number of benzene rings is 2. The number of alkyl halides is 9. The maximum Gasteiger partial charge on any atom is 0.417 e. The van der Waals surface area contributed by atoms with Gasteiger partial charge in [0.25, 0.3) is 5.91 Å². The molecule has 38 heavy (non-hydrogen) atoms. The van der Waals surface area contributed by atoms with Crippen LogP contribution in [0.1, 0.15) is 39.9 Å². The Hall–Kier alpha value is -2.74. The lowest BCUT2D eigenvalue weighted by atomic mass is 9.96. The molecule has 2 amide bonds. The molecule has 2 N–H and O–H groups in total. The van der Waals surface area contributed by atoms with E-state index in [1.165, 1.54) is 11.4 Å². The summed E-state index contributed by atoms with van der Waals surface area (Å²) in [7, 11) is 0. The summed E-state index contributed by atoms with van der Waals surface area (Å²) in [6.07, 6.45) is -13.3. The summed E-state index contributed by atoms with van der Waals surface area (Å²) < 4.78 is 119. The van der Waals surface area contributed by atoms with Gasteiger partial charge in [0.2, 0.25) is 5.91 Å². The van der Waals surface area contributed by atoms with E-state index in [0.29, 0.717) is 18.2 Å². The molecule has 15 heteroatoms. The fourth-order valence-corrected chi connectivity index (χ4v) is 4.04. The number of halogens is 11. The fraction of sp³-hybridized carbons (Fsp3) is 0.304. The molecule has 208 valence electrons. The van der Waals surface area contributed by atoms with Crippen LogP contribution >= 0.6 is 27.5 Å². The van der Waals surface area contributed by atoms with Crippen molar-refractivity contribution < 1.29 is 49.1 Å². The quantitative estimate of drug-likeness (QED) is 0.313. The van der Waals surface area contributed by atoms with Crippen LogP contribution in [0.25, 0.3) is 6.08 Å². The van der Waals surface area contributed by atoms with Gasteiger partial charge in [-0.05, 0) is 48.4 Å². The molecule has 4 nitrogen and oxygen atoms in total. The third-order valence-electron chi connectivity index (χ3n) is 4.88. The van der Waals surface area contributed by atoms with Crippen LogP contribution in [-0.2, 0) is 11.0 Å². The highest BCUT2D eigenvalue weighted by Gasteiger charge is 2.40. The summed E-state index contributed by atoms with van der Waals surface area (Å²) in [4.78, 5) is 24.1. The smallest absolute Gasteiger partial charge is 0.345 e. The minimum atomic E-state index is -5.14. The molecule has 0 radical (unpaired) electrons. The molecule has 2 aromatic carbocycles. The Morgan fingerprint density at radius 2 is 1.63 bits per heavy atom. The van der Waals surface area contributed by atoms with Crippen LogP contribution < -0.4 is 10.6 Å². The molecule has 2 unspecified atom stereocenters. The highest BCUT2D eigenvalue weighted by molar-refractivity contribution is 9.10. The predicted molar refractivity (Wildman–Crippen MR) is 124 cm³/mol. The summed E-state index contributed by atoms with van der Waals surface area (Å²) in [6, 6.07) is 3.97. The third-order valence-corrected chi connectivity index (χ3v) is 5.55. The summed E-state index contributed by atoms with van der Waals surface area (Å²) in [5.41, 5.74) is -3.14. The lowest BCUT2D eigenvalue weighted by Gasteiger charge is -2.19. The normalized spacial score (nSPS) is 14.3. The Labute approximate surface area is 223 Å². The summed E-state index contributed by atoms with van der Waals surface area (Å²) in [6.45, 7) is -0.759. The van der Waals surface area contributed by atoms with Crippen LogP contribution in [0.4, 0.5) is 39.5 Å². The van der Waals surface area contributed by atoms with Crippen molar-refractivity contribution in [2.24, 2.45) is 0 Å². The summed E-state index contributed by atoms with van der Waals surface area (Å²) in [5.74, 6) is -4.96. The summed E-state index contributed by atoms with van der Waals surface area (Å²) >= 11 is 8.84. The maximum atomic E-state index is 13.7. The molecule has 0 aliphatic carbocycles. The largest absolute Gasteiger partial charge is 0.417 e. The van der Waals surface area contributed by atoms with Crippen LogP contribution in [0.15, 0.2) is 46.9 Å². The van der Waals surface area contributed by atoms with E-state index < -0.39 is 60.0 Å². The lowest BCUT2D eigenvalue weighted by molar-refractivity contribution is -0.139. The van der Waals surface area contributed by atoms with Gasteiger partial charge in [0.15, 0.2) is 0 Å². The SMILES string of the molecule is CC(NC(=O)c1ccc(C=CC(c2cc(Cl)cc(Br)c2)C(F)(F)F)cc1C(F)(F)F)C(=O)NCC(F)(F)F. The monoisotopic (exact) mass is 638 g/mol. The molecular weight excluding hydrogens is 623 g/mol. The Kier molecular flexibility index (Phi) is 9.92. The summed E-state index contributed by atoms with van der Waals surface area (Å²) in [5, 5.41) is 3.34. The van der Waals surface area contributed by atoms with E-state index in [0.717, 1.165) is 31.2 Å². The second kappa shape index (κ2) is 12.0. The van der Waals surface area contributed by atoms with Crippen molar-refractivity contribution in [3.8, 4) is 0 Å². The first-order valence-electron chi connectivity index (χ1n) is 10.4. The Morgan fingerprint density at radius 3 is 2.16 bits per heavy atom. The molecule has 0 saturated carbocycles. The van der Waals surface area contributed by atoms with E-state index in [2.05, 4.69) is 15.9 Å². The van der Waals surface area contributed by atoms with Gasteiger partial charge in [-0.15, -0.1) is 0 Å². The topological polar surface area (TPSA) is 58.2 Å². The highest BCUT2D eigenvalue weighted by Crippen LogP contribution is 2.39. The van der Waals surface area contributed by atoms with Crippen LogP contribution in [0, 0.1) is 0 Å². The zero-order chi connectivity index (χ0) is 29.1. The van der Waals surface area contributed by atoms with Crippen LogP contribution in [0.2, 0.25) is 5.02 Å². The predicted octanol–water partition coefficient (Wildman–Crippen LogP) is 7.28. The molecular formula is C23H17BrClF9N2O2. The molecule has 0 aromatic heterocycles. The first-order valence-corrected chi connectivity index (χ1v) is 11.5. The van der Waals surface area contributed by atoms with Crippen LogP contribution in [-0.4, -0.2) is 36.8 Å². The van der Waals surface area contributed by atoms with E-state index in [4.69, 9.17) is 11.6 Å². The van der Waals surface area contributed by atoms with Crippen molar-refractivity contribution in [3.05, 3.63) is 74.2 Å². The van der Waals surface area contributed by atoms with Gasteiger partial charge in [0.05, 0.1) is 17.0 Å². The minimum Gasteiger partial charge on any atom is -0.345 e. The fourth-order valence-electron chi connectivity index (χ4n) is 3.15. The number of hydrogen-bond acceptors (Lipinski definition) is 2. The second-order valence-electron chi connectivity index (χ2n) is 7.91. The lowest BCUT2D eigenvalue weighted by Crippen LogP contribution is -2.47. The van der Waals surface area contributed by atoms with Gasteiger partial charge in [-0.2, -0.15) is 39.5 Å². The van der Waals surface area contributed by atoms with E-state index in [9.17, 15) is 49.1 Å². The van der Waals surface area contributed by atoms with Crippen molar-refractivity contribution in [3.63, 3.8) is 0 Å². The first kappa shape index (κ1) is 31.5. The standard InChI is InChI=1S/C23H17BrClF9N2O2/c1-11(19(37)35-10-21(26,27)28)36-20(38)16-4-2-12(6-18(16)23(32,33)34)3-5-17(22(29,30)31)13-7-14(24)9-15(25)8-13/h2-9,11,17H,10H2,1H3,(H,35,37)(H,36,38). The van der Waals surface area contributed by atoms with Gasteiger partial charge >= 0.3 is 18.5 Å². The van der Waals surface area contributed by atoms with Gasteiger partial charge in [0.1, 0.15) is 12.6 Å². The molecule has 0 aliphatic rings. The number of rotatable bonds is 7. The van der Waals surface area contributed by atoms with Crippen molar-refractivity contribution in [1.82, 2.24) is 10.6 Å².